The van der Waals surface area contributed by atoms with Gasteiger partial charge in [-0.25, -0.2) is 37.1 Å². The van der Waals surface area contributed by atoms with Crippen LogP contribution in [-0.4, -0.2) is 148 Å². The maximum Gasteiger partial charge on any atom is 0.407 e. The molecule has 8 heterocycles. The van der Waals surface area contributed by atoms with Crippen LogP contribution in [-0.2, 0) is 28.5 Å². The van der Waals surface area contributed by atoms with Gasteiger partial charge in [0.05, 0.1) is 66.2 Å². The first-order valence-electron chi connectivity index (χ1n) is 30.5. The number of aromatic amines is 2. The Kier molecular flexibility index (Phi) is 15.6. The van der Waals surface area contributed by atoms with Gasteiger partial charge in [-0.15, -0.1) is 0 Å². The predicted octanol–water partition coefficient (Wildman–Crippen LogP) is 10.1. The van der Waals surface area contributed by atoms with E-state index < -0.39 is 72.1 Å². The number of nitrogens with one attached hydrogen (secondary N) is 4. The third kappa shape index (κ3) is 10.4. The van der Waals surface area contributed by atoms with Crippen molar-refractivity contribution in [2.75, 3.05) is 53.7 Å². The average Bonchev–Trinajstić information content (AvgIpc) is 2.49. The summed E-state index contributed by atoms with van der Waals surface area (Å²) in [6.45, 7) is 2.97. The number of methoxy groups -OCH3 is 2. The number of imidazole rings is 2. The Morgan fingerprint density at radius 1 is 0.614 bits per heavy atom. The molecule has 8 fully saturated rings. The molecule has 2 saturated carbocycles. The van der Waals surface area contributed by atoms with Gasteiger partial charge in [-0.1, -0.05) is 12.8 Å². The molecule has 22 heteroatoms. The quantitative estimate of drug-likeness (QED) is 0.0981. The SMILES string of the molecule is COC(=O)N[C@H](C(=O)N1[C@H](c2nc3cc(F)c([C@H]4CC[C@H](c5cc6[nH]c([C@@H]7C[C@@H]8CCC[C@@H]8N7C(=O)[C@@H](NC(=O)OC)C7CCOCC7)nc6cc5F)N4C4=CC(F)=C(N5CCCCC5)C(F)C4)cc3[nH]2)C[C@@H]2CCC[C@@H]21)C1CCOCC1. The molecule has 4 amide bonds. The fourth-order valence-electron chi connectivity index (χ4n) is 16.4. The number of benzene rings is 2. The molecule has 0 bridgehead atoms. The number of alkyl halides is 1. The second-order valence-corrected chi connectivity index (χ2v) is 24.8. The first-order valence-corrected chi connectivity index (χ1v) is 30.5. The summed E-state index contributed by atoms with van der Waals surface area (Å²) in [5, 5.41) is 5.71. The first kappa shape index (κ1) is 55.8. The van der Waals surface area contributed by atoms with Gasteiger partial charge in [0.15, 0.2) is 0 Å². The van der Waals surface area contributed by atoms with Crippen molar-refractivity contribution in [3.63, 3.8) is 0 Å². The molecule has 11 atom stereocenters. The van der Waals surface area contributed by atoms with Crippen LogP contribution >= 0.6 is 0 Å². The zero-order valence-corrected chi connectivity index (χ0v) is 47.3. The number of likely N-dealkylation sites (tertiary alicyclic amines) is 4. The number of amides is 4. The Hall–Kier alpha value is -6.42. The standard InChI is InChI=1S/C61H76F4N10O8/c1-80-60(78)70-53(32-14-20-82-21-15-32)58(76)74-47-10-6-8-34(47)24-51(74)56-66-43-28-37(39(62)30-45(43)68-56)49-12-13-50(73(49)36-26-41(64)55(42(65)27-36)72-18-4-3-5-19-72)38-29-44-46(31-40(38)63)69-57(67-44)52-25-35-9-7-11-48(35)75(52)59(77)54(71-61(79)81-2)33-16-22-83-23-17-33/h26,28-35,42,47-54H,3-25,27H2,1-2H3,(H,66,68)(H,67,69)(H,70,78)(H,71,79)/t34-,35-,42?,47-,48-,49+,50+,51-,52-,53-,54-/m0/s1. The van der Waals surface area contributed by atoms with Crippen molar-refractivity contribution in [3.8, 4) is 0 Å². The number of carbonyl (C=O) groups excluding carboxylic acids is 4. The summed E-state index contributed by atoms with van der Waals surface area (Å²) in [6.07, 6.45) is 10.4. The first-order chi connectivity index (χ1) is 40.3. The van der Waals surface area contributed by atoms with Crippen molar-refractivity contribution in [3.05, 3.63) is 82.0 Å². The third-order valence-electron chi connectivity index (χ3n) is 20.3. The Labute approximate surface area is 479 Å². The lowest BCUT2D eigenvalue weighted by Gasteiger charge is -2.39. The van der Waals surface area contributed by atoms with Crippen molar-refractivity contribution in [2.24, 2.45) is 23.7 Å². The van der Waals surface area contributed by atoms with E-state index in [-0.39, 0.29) is 76.5 Å². The van der Waals surface area contributed by atoms with Crippen molar-refractivity contribution in [1.29, 1.82) is 0 Å². The maximum absolute atomic E-state index is 17.3. The van der Waals surface area contributed by atoms with Gasteiger partial charge in [-0.05, 0) is 138 Å². The van der Waals surface area contributed by atoms with E-state index >= 15 is 17.6 Å². The molecular weight excluding hydrogens is 1080 g/mol. The highest BCUT2D eigenvalue weighted by molar-refractivity contribution is 5.88. The summed E-state index contributed by atoms with van der Waals surface area (Å²) in [5.74, 6) is -1.21. The lowest BCUT2D eigenvalue weighted by atomic mass is 9.90. The summed E-state index contributed by atoms with van der Waals surface area (Å²) in [5.41, 5.74) is 2.52. The lowest BCUT2D eigenvalue weighted by molar-refractivity contribution is -0.140. The molecule has 18 nitrogen and oxygen atoms in total. The number of alkyl carbamates (subject to hydrolysis) is 2. The summed E-state index contributed by atoms with van der Waals surface area (Å²) in [4.78, 5) is 79.7. The molecule has 0 radical (unpaired) electrons. The topological polar surface area (TPSA) is 200 Å². The minimum Gasteiger partial charge on any atom is -0.453 e. The highest BCUT2D eigenvalue weighted by atomic mass is 19.1. The average molecular weight is 1150 g/mol. The number of rotatable bonds is 12. The van der Waals surface area contributed by atoms with Crippen LogP contribution in [0.2, 0.25) is 0 Å². The van der Waals surface area contributed by atoms with Crippen LogP contribution in [0.5, 0.6) is 0 Å². The zero-order chi connectivity index (χ0) is 57.2. The van der Waals surface area contributed by atoms with Crippen molar-refractivity contribution in [1.82, 2.24) is 50.2 Å². The number of hydrogen-bond donors (Lipinski definition) is 4. The Morgan fingerprint density at radius 3 is 1.53 bits per heavy atom. The van der Waals surface area contributed by atoms with Crippen LogP contribution in [0.1, 0.15) is 163 Å². The molecule has 9 aliphatic rings. The highest BCUT2D eigenvalue weighted by Gasteiger charge is 2.53. The molecule has 13 rings (SSSR count). The molecule has 2 aromatic heterocycles. The van der Waals surface area contributed by atoms with Gasteiger partial charge < -0.3 is 59.1 Å². The second kappa shape index (κ2) is 23.2. The van der Waals surface area contributed by atoms with Gasteiger partial charge in [0.25, 0.3) is 0 Å². The molecule has 2 aromatic carbocycles. The number of nitrogens with zero attached hydrogens (tertiary/aromatic N) is 6. The molecule has 83 heavy (non-hydrogen) atoms. The third-order valence-corrected chi connectivity index (χ3v) is 20.3. The van der Waals surface area contributed by atoms with Gasteiger partial charge in [0.2, 0.25) is 11.8 Å². The van der Waals surface area contributed by atoms with Crippen LogP contribution in [0, 0.1) is 35.3 Å². The van der Waals surface area contributed by atoms with Crippen LogP contribution in [0.3, 0.4) is 0 Å². The fourth-order valence-corrected chi connectivity index (χ4v) is 16.4. The molecule has 446 valence electrons. The van der Waals surface area contributed by atoms with Crippen LogP contribution in [0.4, 0.5) is 27.2 Å². The highest BCUT2D eigenvalue weighted by Crippen LogP contribution is 2.53. The number of hydrogen-bond acceptors (Lipinski definition) is 12. The molecule has 0 spiro atoms. The summed E-state index contributed by atoms with van der Waals surface area (Å²) < 4.78 is 89.3. The predicted molar refractivity (Wildman–Crippen MR) is 296 cm³/mol. The van der Waals surface area contributed by atoms with E-state index in [4.69, 9.17) is 28.9 Å². The van der Waals surface area contributed by atoms with E-state index in [1.807, 2.05) is 14.7 Å². The number of ether oxygens (including phenoxy) is 4. The van der Waals surface area contributed by atoms with E-state index in [9.17, 15) is 19.2 Å². The summed E-state index contributed by atoms with van der Waals surface area (Å²) in [6, 6.07) is 1.75. The Balaban J connectivity index is 0.844. The van der Waals surface area contributed by atoms with Crippen molar-refractivity contribution < 1.29 is 55.7 Å². The normalized spacial score (nSPS) is 29.6. The van der Waals surface area contributed by atoms with Gasteiger partial charge in [-0.3, -0.25) is 9.59 Å². The van der Waals surface area contributed by atoms with E-state index in [0.717, 1.165) is 57.8 Å². The Bertz CT molecular complexity index is 3010. The minimum atomic E-state index is -1.70. The number of halogens is 4. The molecule has 6 saturated heterocycles. The summed E-state index contributed by atoms with van der Waals surface area (Å²) in [7, 11) is 2.55. The van der Waals surface area contributed by atoms with Gasteiger partial charge in [-0.2, -0.15) is 0 Å². The van der Waals surface area contributed by atoms with E-state index in [0.29, 0.717) is 125 Å². The molecule has 1 unspecified atom stereocenters. The van der Waals surface area contributed by atoms with Gasteiger partial charge in [0, 0.05) is 87.0 Å². The number of carbonyl (C=O) groups is 4. The van der Waals surface area contributed by atoms with Crippen LogP contribution in [0.15, 0.2) is 47.6 Å². The number of fused-ring (bicyclic) bond motifs is 4. The maximum atomic E-state index is 17.3. The van der Waals surface area contributed by atoms with E-state index in [1.165, 1.54) is 32.4 Å². The molecule has 4 aromatic rings. The van der Waals surface area contributed by atoms with Gasteiger partial charge in [0.1, 0.15) is 47.4 Å². The van der Waals surface area contributed by atoms with Crippen LogP contribution < -0.4 is 10.6 Å². The summed E-state index contributed by atoms with van der Waals surface area (Å²) >= 11 is 0. The number of allylic oxidation sites excluding steroid dienone is 4. The monoisotopic (exact) mass is 1150 g/mol. The van der Waals surface area contributed by atoms with Crippen LogP contribution in [0.25, 0.3) is 22.1 Å². The fraction of sp³-hybridized carbons (Fsp3) is 0.639. The number of H-pyrrole nitrogens is 2. The van der Waals surface area contributed by atoms with Gasteiger partial charge >= 0.3 is 12.2 Å². The van der Waals surface area contributed by atoms with E-state index in [1.54, 1.807) is 17.0 Å². The zero-order valence-electron chi connectivity index (χ0n) is 47.3. The van der Waals surface area contributed by atoms with Crippen molar-refractivity contribution in [2.45, 2.75) is 170 Å². The number of piperidine rings is 1. The molecule has 4 N–H and O–H groups in total. The molecule has 6 aliphatic heterocycles. The Morgan fingerprint density at radius 2 is 1.08 bits per heavy atom. The number of aromatic nitrogens is 4. The smallest absolute Gasteiger partial charge is 0.407 e. The second-order valence-electron chi connectivity index (χ2n) is 24.8. The minimum absolute atomic E-state index is 0.0170. The lowest BCUT2D eigenvalue weighted by Crippen LogP contribution is -2.55. The largest absolute Gasteiger partial charge is 0.453 e. The van der Waals surface area contributed by atoms with E-state index in [2.05, 4.69) is 20.6 Å². The molecular formula is C61H76F4N10O8. The van der Waals surface area contributed by atoms with Crippen molar-refractivity contribution >= 4 is 46.1 Å². The molecule has 3 aliphatic carbocycles.